The van der Waals surface area contributed by atoms with Crippen molar-refractivity contribution in [3.05, 3.63) is 40.8 Å². The van der Waals surface area contributed by atoms with Crippen molar-refractivity contribution in [2.75, 3.05) is 6.61 Å². The Bertz CT molecular complexity index is 1360. The number of amides is 2. The lowest BCUT2D eigenvalue weighted by molar-refractivity contribution is 0.0279. The number of carbonyl (C=O) groups excluding carboxylic acids is 2. The van der Waals surface area contributed by atoms with Gasteiger partial charge in [0.2, 0.25) is 5.88 Å². The Morgan fingerprint density at radius 3 is 2.53 bits per heavy atom. The molecule has 2 saturated carbocycles. The summed E-state index contributed by atoms with van der Waals surface area (Å²) >= 11 is 0. The van der Waals surface area contributed by atoms with E-state index in [0.717, 1.165) is 49.7 Å². The van der Waals surface area contributed by atoms with Crippen molar-refractivity contribution in [2.45, 2.75) is 83.0 Å². The van der Waals surface area contributed by atoms with Crippen molar-refractivity contribution in [3.8, 4) is 11.6 Å². The SMILES string of the molecule is Cc1c(C(N)=O)c(O[C@H]2CC[C@H](NC(=O)c3cnn4c(C5CC5)c(OCC(C)(C)O)ccc34)CC2)nn1C. The molecule has 11 nitrogen and oxygen atoms in total. The van der Waals surface area contributed by atoms with Gasteiger partial charge in [0.05, 0.1) is 34.3 Å². The number of nitrogens with zero attached hydrogens (tertiary/aromatic N) is 4. The van der Waals surface area contributed by atoms with Crippen LogP contribution in [0.4, 0.5) is 0 Å². The second-order valence-corrected chi connectivity index (χ2v) is 11.1. The highest BCUT2D eigenvalue weighted by Gasteiger charge is 2.32. The Morgan fingerprint density at radius 1 is 1.18 bits per heavy atom. The van der Waals surface area contributed by atoms with Crippen molar-refractivity contribution in [1.29, 1.82) is 0 Å². The lowest BCUT2D eigenvalue weighted by Crippen LogP contribution is -2.39. The van der Waals surface area contributed by atoms with Crippen LogP contribution in [0.1, 0.15) is 90.4 Å². The average Bonchev–Trinajstić information content (AvgIpc) is 3.53. The van der Waals surface area contributed by atoms with Gasteiger partial charge in [0.15, 0.2) is 0 Å². The first-order valence-electron chi connectivity index (χ1n) is 13.2. The highest BCUT2D eigenvalue weighted by atomic mass is 16.5. The van der Waals surface area contributed by atoms with Gasteiger partial charge in [-0.15, -0.1) is 5.10 Å². The molecule has 3 aromatic heterocycles. The molecule has 2 amide bonds. The van der Waals surface area contributed by atoms with Crippen molar-refractivity contribution < 1.29 is 24.2 Å². The molecule has 0 radical (unpaired) electrons. The largest absolute Gasteiger partial charge is 0.489 e. The summed E-state index contributed by atoms with van der Waals surface area (Å²) in [6.07, 6.45) is 6.54. The van der Waals surface area contributed by atoms with E-state index in [9.17, 15) is 14.7 Å². The predicted molar refractivity (Wildman–Crippen MR) is 140 cm³/mol. The molecule has 0 atom stereocenters. The van der Waals surface area contributed by atoms with E-state index >= 15 is 0 Å². The van der Waals surface area contributed by atoms with Crippen LogP contribution in [-0.2, 0) is 7.05 Å². The van der Waals surface area contributed by atoms with Crippen molar-refractivity contribution in [1.82, 2.24) is 24.7 Å². The molecule has 0 unspecified atom stereocenters. The number of aromatic nitrogens is 4. The third kappa shape index (κ3) is 5.33. The maximum Gasteiger partial charge on any atom is 0.256 e. The maximum absolute atomic E-state index is 13.2. The van der Waals surface area contributed by atoms with E-state index in [2.05, 4.69) is 15.5 Å². The van der Waals surface area contributed by atoms with Gasteiger partial charge in [-0.2, -0.15) is 5.10 Å². The number of carbonyl (C=O) groups is 2. The van der Waals surface area contributed by atoms with Gasteiger partial charge in [-0.05, 0) is 71.4 Å². The Morgan fingerprint density at radius 2 is 1.89 bits per heavy atom. The second-order valence-electron chi connectivity index (χ2n) is 11.1. The molecule has 0 saturated heterocycles. The Balaban J connectivity index is 1.23. The Labute approximate surface area is 221 Å². The predicted octanol–water partition coefficient (Wildman–Crippen LogP) is 2.62. The van der Waals surface area contributed by atoms with Gasteiger partial charge in [0.25, 0.3) is 11.8 Å². The third-order valence-corrected chi connectivity index (χ3v) is 7.31. The highest BCUT2D eigenvalue weighted by molar-refractivity contribution is 6.01. The number of nitrogens with two attached hydrogens (primary N) is 1. The standard InChI is InChI=1S/C27H36N6O5/c1-15-22(24(28)34)26(31-32(15)4)38-18-9-7-17(8-10-18)30-25(35)19-13-29-33-20(19)11-12-21(23(33)16-5-6-16)37-14-27(2,3)36/h11-13,16-18,36H,5-10,14H2,1-4H3,(H2,28,34)(H,30,35)/t17-,18-. The van der Waals surface area contributed by atoms with Gasteiger partial charge in [-0.1, -0.05) is 0 Å². The number of hydrogen-bond acceptors (Lipinski definition) is 7. The summed E-state index contributed by atoms with van der Waals surface area (Å²) in [5.41, 5.74) is 7.77. The molecule has 2 aliphatic carbocycles. The smallest absolute Gasteiger partial charge is 0.256 e. The van der Waals surface area contributed by atoms with Gasteiger partial charge in [0, 0.05) is 19.0 Å². The molecule has 4 N–H and O–H groups in total. The van der Waals surface area contributed by atoms with Gasteiger partial charge < -0.3 is 25.6 Å². The number of pyridine rings is 1. The van der Waals surface area contributed by atoms with E-state index in [4.69, 9.17) is 15.2 Å². The van der Waals surface area contributed by atoms with Crippen LogP contribution in [0.3, 0.4) is 0 Å². The number of rotatable bonds is 9. The normalized spacial score (nSPS) is 19.9. The van der Waals surface area contributed by atoms with E-state index in [1.54, 1.807) is 38.7 Å². The average molecular weight is 525 g/mol. The van der Waals surface area contributed by atoms with E-state index in [1.165, 1.54) is 0 Å². The number of aryl methyl sites for hydroxylation is 1. The zero-order valence-corrected chi connectivity index (χ0v) is 22.4. The number of hydrogen-bond donors (Lipinski definition) is 3. The fraction of sp³-hybridized carbons (Fsp3) is 0.556. The molecule has 3 heterocycles. The molecule has 3 aromatic rings. The van der Waals surface area contributed by atoms with Crippen LogP contribution in [-0.4, -0.2) is 60.7 Å². The number of ether oxygens (including phenoxy) is 2. The molecule has 2 fully saturated rings. The quantitative estimate of drug-likeness (QED) is 0.390. The van der Waals surface area contributed by atoms with Crippen molar-refractivity contribution in [2.24, 2.45) is 12.8 Å². The van der Waals surface area contributed by atoms with E-state index in [0.29, 0.717) is 28.5 Å². The number of primary amides is 1. The zero-order valence-electron chi connectivity index (χ0n) is 22.4. The fourth-order valence-corrected chi connectivity index (χ4v) is 5.03. The summed E-state index contributed by atoms with van der Waals surface area (Å²) in [6, 6.07) is 3.73. The first kappa shape index (κ1) is 26.0. The van der Waals surface area contributed by atoms with Crippen LogP contribution < -0.4 is 20.5 Å². The first-order valence-corrected chi connectivity index (χ1v) is 13.2. The minimum Gasteiger partial charge on any atom is -0.489 e. The topological polar surface area (TPSA) is 146 Å². The zero-order chi connectivity index (χ0) is 27.2. The molecule has 0 aromatic carbocycles. The molecule has 38 heavy (non-hydrogen) atoms. The molecule has 5 rings (SSSR count). The van der Waals surface area contributed by atoms with Crippen molar-refractivity contribution in [3.63, 3.8) is 0 Å². The Kier molecular flexibility index (Phi) is 6.81. The molecule has 0 aliphatic heterocycles. The van der Waals surface area contributed by atoms with E-state index in [-0.39, 0.29) is 30.5 Å². The van der Waals surface area contributed by atoms with Crippen LogP contribution >= 0.6 is 0 Å². The van der Waals surface area contributed by atoms with E-state index < -0.39 is 11.5 Å². The fourth-order valence-electron chi connectivity index (χ4n) is 5.03. The molecule has 2 aliphatic rings. The molecule has 204 valence electrons. The second kappa shape index (κ2) is 9.94. The van der Waals surface area contributed by atoms with Gasteiger partial charge in [-0.25, -0.2) is 4.52 Å². The van der Waals surface area contributed by atoms with Crippen LogP contribution in [0.25, 0.3) is 5.52 Å². The van der Waals surface area contributed by atoms with Crippen LogP contribution in [0.5, 0.6) is 11.6 Å². The third-order valence-electron chi connectivity index (χ3n) is 7.31. The molecule has 0 bridgehead atoms. The van der Waals surface area contributed by atoms with Crippen LogP contribution in [0.15, 0.2) is 18.3 Å². The van der Waals surface area contributed by atoms with Gasteiger partial charge in [-0.3, -0.25) is 14.3 Å². The van der Waals surface area contributed by atoms with Crippen LogP contribution in [0.2, 0.25) is 0 Å². The molecular formula is C27H36N6O5. The molecular weight excluding hydrogens is 488 g/mol. The summed E-state index contributed by atoms with van der Waals surface area (Å²) in [5, 5.41) is 22.1. The summed E-state index contributed by atoms with van der Waals surface area (Å²) in [6.45, 7) is 5.36. The summed E-state index contributed by atoms with van der Waals surface area (Å²) in [4.78, 5) is 25.1. The van der Waals surface area contributed by atoms with Gasteiger partial charge in [0.1, 0.15) is 24.0 Å². The minimum atomic E-state index is -0.949. The Hall–Kier alpha value is -3.60. The van der Waals surface area contributed by atoms with Gasteiger partial charge >= 0.3 is 0 Å². The minimum absolute atomic E-state index is 0.00988. The monoisotopic (exact) mass is 524 g/mol. The lowest BCUT2D eigenvalue weighted by Gasteiger charge is -2.29. The first-order chi connectivity index (χ1) is 18.0. The summed E-state index contributed by atoms with van der Waals surface area (Å²) in [5.74, 6) is 0.583. The summed E-state index contributed by atoms with van der Waals surface area (Å²) < 4.78 is 15.4. The highest BCUT2D eigenvalue weighted by Crippen LogP contribution is 2.44. The molecule has 11 heteroatoms. The number of fused-ring (bicyclic) bond motifs is 1. The van der Waals surface area contributed by atoms with E-state index in [1.807, 2.05) is 16.6 Å². The van der Waals surface area contributed by atoms with Crippen molar-refractivity contribution >= 4 is 17.3 Å². The lowest BCUT2D eigenvalue weighted by atomic mass is 9.92. The molecule has 0 spiro atoms. The maximum atomic E-state index is 13.2. The summed E-state index contributed by atoms with van der Waals surface area (Å²) in [7, 11) is 1.75. The number of aliphatic hydroxyl groups is 1. The number of nitrogens with one attached hydrogen (secondary N) is 1. The van der Waals surface area contributed by atoms with Crippen LogP contribution in [0, 0.1) is 6.92 Å².